The maximum atomic E-state index is 3.98. The lowest BCUT2D eigenvalue weighted by Crippen LogP contribution is -2.25. The van der Waals surface area contributed by atoms with Gasteiger partial charge in [-0.15, -0.1) is 39.5 Å². The molecule has 0 N–H and O–H groups in total. The molecule has 0 aromatic heterocycles. The van der Waals surface area contributed by atoms with Crippen LogP contribution in [0.5, 0.6) is 0 Å². The zero-order valence-electron chi connectivity index (χ0n) is 85.7. The van der Waals surface area contributed by atoms with Crippen LogP contribution in [0.3, 0.4) is 0 Å². The van der Waals surface area contributed by atoms with E-state index in [1.54, 1.807) is 22.3 Å². The fourth-order valence-electron chi connectivity index (χ4n) is 26.9. The predicted octanol–water partition coefficient (Wildman–Crippen LogP) is 39.9. The summed E-state index contributed by atoms with van der Waals surface area (Å²) >= 11 is 0. The molecule has 0 bridgehead atoms. The van der Waals surface area contributed by atoms with Crippen LogP contribution in [0.25, 0.3) is 22.3 Å². The Labute approximate surface area is 821 Å². The van der Waals surface area contributed by atoms with Crippen LogP contribution < -0.4 is 0 Å². The Hall–Kier alpha value is -7.80. The SMILES string of the molecule is C=CC1CCC(C2CCC(c3ccc(C)cc3)CC2)CC1.C=CC1CCC(C2CCC(c3ccc(CC)cc3)CC2)CC1.C=CC1CCC(C2CCC(c3ccc(CCC)cc3)CC2)CC1.C=CC1CCC(c2ccc(-c3ccc(CC)cc3)cc2)CC1.C=CC1CCC(c2ccc(-c3ccc(CCC)cc3)cc2)CC1.C=CCCC1CCC(C2CCC(c3ccc(C)cc3)CC2)CC1. The maximum absolute atomic E-state index is 3.98. The van der Waals surface area contributed by atoms with Crippen molar-refractivity contribution in [2.75, 3.05) is 0 Å². The number of hydrogen-bond donors (Lipinski definition) is 0. The molecule has 0 spiro atoms. The van der Waals surface area contributed by atoms with Crippen LogP contribution in [0.4, 0.5) is 0 Å². The highest BCUT2D eigenvalue weighted by Gasteiger charge is 2.36. The average Bonchev–Trinajstić information content (AvgIpc) is 0.850. The first-order chi connectivity index (χ1) is 65.7. The van der Waals surface area contributed by atoms with Crippen molar-refractivity contribution in [1.29, 1.82) is 0 Å². The van der Waals surface area contributed by atoms with Crippen molar-refractivity contribution in [3.05, 3.63) is 337 Å². The molecule has 8 aromatic carbocycles. The first kappa shape index (κ1) is 104. The Kier molecular flexibility index (Phi) is 43.1. The summed E-state index contributed by atoms with van der Waals surface area (Å²) in [7, 11) is 0. The highest BCUT2D eigenvalue weighted by atomic mass is 14.4. The van der Waals surface area contributed by atoms with Gasteiger partial charge in [-0.25, -0.2) is 0 Å². The quantitative estimate of drug-likeness (QED) is 0.0474. The van der Waals surface area contributed by atoms with Gasteiger partial charge in [-0.2, -0.15) is 0 Å². The number of hydrogen-bond acceptors (Lipinski definition) is 0. The van der Waals surface area contributed by atoms with Gasteiger partial charge in [0.1, 0.15) is 0 Å². The highest BCUT2D eigenvalue weighted by Crippen LogP contribution is 2.50. The van der Waals surface area contributed by atoms with E-state index in [2.05, 4.69) is 312 Å². The molecule has 0 saturated heterocycles. The minimum atomic E-state index is 0.743. The highest BCUT2D eigenvalue weighted by molar-refractivity contribution is 5.65. The van der Waals surface area contributed by atoms with Gasteiger partial charge in [-0.05, 0) is 493 Å². The van der Waals surface area contributed by atoms with Crippen LogP contribution in [0.1, 0.15) is 412 Å². The molecule has 10 aliphatic rings. The fourth-order valence-corrected chi connectivity index (χ4v) is 26.9. The molecule has 0 unspecified atom stereocenters. The number of benzene rings is 8. The van der Waals surface area contributed by atoms with Gasteiger partial charge in [0.15, 0.2) is 0 Å². The molecule has 0 aliphatic heterocycles. The van der Waals surface area contributed by atoms with Crippen LogP contribution in [-0.2, 0) is 25.7 Å². The molecule has 0 heterocycles. The summed E-state index contributed by atoms with van der Waals surface area (Å²) < 4.78 is 0. The van der Waals surface area contributed by atoms with Crippen molar-refractivity contribution >= 4 is 0 Å². The molecule has 8 aromatic rings. The van der Waals surface area contributed by atoms with Crippen LogP contribution >= 0.6 is 0 Å². The fraction of sp³-hybridized carbons (Fsp3) is 0.552. The van der Waals surface area contributed by atoms with Crippen molar-refractivity contribution in [2.24, 2.45) is 82.9 Å². The van der Waals surface area contributed by atoms with Gasteiger partial charge >= 0.3 is 0 Å². The van der Waals surface area contributed by atoms with Crippen molar-refractivity contribution in [3.8, 4) is 22.3 Å². The second-order valence-corrected chi connectivity index (χ2v) is 44.7. The van der Waals surface area contributed by atoms with Crippen molar-refractivity contribution < 1.29 is 0 Å². The molecule has 10 saturated carbocycles. The summed E-state index contributed by atoms with van der Waals surface area (Å²) in [6, 6.07) is 74.1. The lowest BCUT2D eigenvalue weighted by atomic mass is 9.68. The minimum absolute atomic E-state index is 0.743. The molecular formula is C134H184. The molecule has 10 aliphatic carbocycles. The predicted molar refractivity (Wildman–Crippen MR) is 586 cm³/mol. The molecule has 134 heavy (non-hydrogen) atoms. The second kappa shape index (κ2) is 55.7. The normalized spacial score (nSPS) is 28.6. The van der Waals surface area contributed by atoms with Crippen molar-refractivity contribution in [3.63, 3.8) is 0 Å². The van der Waals surface area contributed by atoms with Gasteiger partial charge in [0.25, 0.3) is 0 Å². The topological polar surface area (TPSA) is 0 Å². The van der Waals surface area contributed by atoms with Gasteiger partial charge in [-0.1, -0.05) is 295 Å². The van der Waals surface area contributed by atoms with Gasteiger partial charge in [0.2, 0.25) is 0 Å². The summed E-state index contributed by atoms with van der Waals surface area (Å²) in [5, 5.41) is 0. The standard InChI is InChI=1S/2C23H34.C23H28.C22H32.C22H26.C21H30/c1-3-4-5-19-8-12-21(13-9-19)23-16-14-22(15-17-23)20-10-6-18(2)7-11-20;2*1-3-5-19-8-12-21(13-9-19)23-16-14-22(15-17-23)20-10-6-18(4-2)7-11-20;2*1-3-17-5-9-19(10-6-17)21-13-15-22(16-14-21)20-11-7-18(4-2)8-12-20;1-3-17-6-10-19(11-7-17)21-14-12-20(13-15-21)18-8-4-16(2)5-9-18/h3,6-7,10-11,19,21-23H,1,4-5,8-9,12-17H2,2H3;4,8-9,12-13,18,20,22-23H,2-3,5-7,10-11,14-17H2,1H3;4,8-9,12-18,20H,2-3,5-7,10-11H2,1H3;3,7-8,11-12,17,19,21-22H,1,4-6,9-10,13-16H2,2H3;3,7-8,11-17,19H,1,4-6,9-10H2,2H3;3-5,8-9,17,19-21H,1,6-7,10-15H2,2H3. The molecule has 18 rings (SSSR count). The van der Waals surface area contributed by atoms with E-state index in [-0.39, 0.29) is 0 Å². The minimum Gasteiger partial charge on any atom is -0.103 e. The molecule has 10 fully saturated rings. The third-order valence-electron chi connectivity index (χ3n) is 36.3. The molecule has 0 heteroatoms. The Balaban J connectivity index is 0.000000136. The Morgan fingerprint density at radius 1 is 0.209 bits per heavy atom. The van der Waals surface area contributed by atoms with Crippen molar-refractivity contribution in [1.82, 2.24) is 0 Å². The molecular weight excluding hydrogens is 1610 g/mol. The lowest BCUT2D eigenvalue weighted by Gasteiger charge is -2.38. The van der Waals surface area contributed by atoms with Gasteiger partial charge in [0.05, 0.1) is 0 Å². The first-order valence-electron chi connectivity index (χ1n) is 56.1. The zero-order valence-corrected chi connectivity index (χ0v) is 85.7. The van der Waals surface area contributed by atoms with Gasteiger partial charge in [-0.3, -0.25) is 0 Å². The van der Waals surface area contributed by atoms with E-state index < -0.39 is 0 Å². The van der Waals surface area contributed by atoms with Crippen molar-refractivity contribution in [2.45, 2.75) is 385 Å². The summed E-state index contributed by atoms with van der Waals surface area (Å²) in [5.41, 5.74) is 23.2. The summed E-state index contributed by atoms with van der Waals surface area (Å²) in [6.07, 6.45) is 79.2. The number of rotatable bonds is 26. The molecule has 720 valence electrons. The van der Waals surface area contributed by atoms with E-state index in [0.717, 1.165) is 131 Å². The maximum Gasteiger partial charge on any atom is -0.0162 e. The summed E-state index contributed by atoms with van der Waals surface area (Å²) in [4.78, 5) is 0. The smallest absolute Gasteiger partial charge is 0.0162 e. The Morgan fingerprint density at radius 3 is 0.612 bits per heavy atom. The van der Waals surface area contributed by atoms with E-state index in [1.165, 1.54) is 362 Å². The largest absolute Gasteiger partial charge is 0.103 e. The number of aryl methyl sites for hydroxylation is 6. The van der Waals surface area contributed by atoms with Crippen LogP contribution in [0.15, 0.2) is 270 Å². The van der Waals surface area contributed by atoms with E-state index >= 15 is 0 Å². The molecule has 0 amide bonds. The zero-order chi connectivity index (χ0) is 93.6. The van der Waals surface area contributed by atoms with Gasteiger partial charge < -0.3 is 0 Å². The summed E-state index contributed by atoms with van der Waals surface area (Å²) in [5.74, 6) is 17.8. The van der Waals surface area contributed by atoms with Gasteiger partial charge in [0, 0.05) is 0 Å². The lowest BCUT2D eigenvalue weighted by molar-refractivity contribution is 0.157. The van der Waals surface area contributed by atoms with Crippen LogP contribution in [-0.4, -0.2) is 0 Å². The van der Waals surface area contributed by atoms with E-state index in [9.17, 15) is 0 Å². The van der Waals surface area contributed by atoms with E-state index in [1.807, 2.05) is 0 Å². The third-order valence-corrected chi connectivity index (χ3v) is 36.3. The Bertz CT molecular complexity index is 4580. The third kappa shape index (κ3) is 31.6. The Morgan fingerprint density at radius 2 is 0.388 bits per heavy atom. The second-order valence-electron chi connectivity index (χ2n) is 44.7. The van der Waals surface area contributed by atoms with Crippen LogP contribution in [0.2, 0.25) is 0 Å². The molecule has 0 radical (unpaired) electrons. The monoisotopic (exact) mass is 1790 g/mol. The summed E-state index contributed by atoms with van der Waals surface area (Å²) in [6.45, 7) is 37.0. The van der Waals surface area contributed by atoms with Crippen LogP contribution in [0, 0.1) is 96.7 Å². The first-order valence-corrected chi connectivity index (χ1v) is 56.1. The average molecular weight is 1790 g/mol. The molecule has 0 nitrogen and oxygen atoms in total. The molecule has 0 atom stereocenters. The number of allylic oxidation sites excluding steroid dienone is 6. The van der Waals surface area contributed by atoms with E-state index in [0.29, 0.717) is 0 Å². The van der Waals surface area contributed by atoms with E-state index in [4.69, 9.17) is 0 Å².